The zero-order valence-corrected chi connectivity index (χ0v) is 17.2. The minimum absolute atomic E-state index is 0.0119. The van der Waals surface area contributed by atoms with E-state index in [1.165, 1.54) is 36.7 Å². The van der Waals surface area contributed by atoms with Gasteiger partial charge in [-0.05, 0) is 51.1 Å². The fraction of sp³-hybridized carbons (Fsp3) is 0.368. The van der Waals surface area contributed by atoms with Crippen LogP contribution in [0, 0.1) is 5.92 Å². The van der Waals surface area contributed by atoms with Crippen molar-refractivity contribution in [2.24, 2.45) is 5.92 Å². The van der Waals surface area contributed by atoms with Gasteiger partial charge in [-0.1, -0.05) is 0 Å². The maximum Gasteiger partial charge on any atom is 0.264 e. The highest BCUT2D eigenvalue weighted by Crippen LogP contribution is 2.27. The van der Waals surface area contributed by atoms with Crippen molar-refractivity contribution in [2.45, 2.75) is 37.6 Å². The van der Waals surface area contributed by atoms with Crippen molar-refractivity contribution in [1.29, 1.82) is 0 Å². The summed E-state index contributed by atoms with van der Waals surface area (Å²) in [6.07, 6.45) is 3.02. The Balaban J connectivity index is 1.65. The molecule has 2 aromatic rings. The average Bonchev–Trinajstić information content (AvgIpc) is 3.05. The number of nitrogens with zero attached hydrogens (tertiary/aromatic N) is 3. The smallest absolute Gasteiger partial charge is 0.264 e. The Morgan fingerprint density at radius 1 is 1.14 bits per heavy atom. The highest BCUT2D eigenvalue weighted by Gasteiger charge is 2.39. The molecule has 2 heterocycles. The molecular formula is C19H23N5O4S. The number of rotatable bonds is 5. The number of carbonyl (C=O) groups is 2. The van der Waals surface area contributed by atoms with Gasteiger partial charge in [-0.3, -0.25) is 9.59 Å². The van der Waals surface area contributed by atoms with E-state index in [4.69, 9.17) is 0 Å². The normalized spacial score (nSPS) is 17.3. The van der Waals surface area contributed by atoms with Crippen LogP contribution in [0.4, 0.5) is 11.6 Å². The van der Waals surface area contributed by atoms with Crippen molar-refractivity contribution >= 4 is 33.5 Å². The third kappa shape index (κ3) is 4.89. The number of anilines is 2. The van der Waals surface area contributed by atoms with Gasteiger partial charge in [-0.25, -0.2) is 23.1 Å². The van der Waals surface area contributed by atoms with Crippen molar-refractivity contribution in [2.75, 3.05) is 16.6 Å². The Morgan fingerprint density at radius 3 is 2.31 bits per heavy atom. The maximum atomic E-state index is 12.5. The maximum absolute atomic E-state index is 12.5. The summed E-state index contributed by atoms with van der Waals surface area (Å²) in [6.45, 7) is 6.15. The standard InChI is InChI=1S/C19H23N5O4S/c1-19(2,3)24-12-13(11-16(24)25)17(26)22-14-5-7-15(8-6-14)29(27,28)23-18-20-9-4-10-21-18/h4-10,13H,11-12H2,1-3H3,(H,22,26)(H,20,21,23)/t13-/m0/s1. The van der Waals surface area contributed by atoms with Gasteiger partial charge in [0.25, 0.3) is 10.0 Å². The Bertz CT molecular complexity index is 1000. The topological polar surface area (TPSA) is 121 Å². The van der Waals surface area contributed by atoms with Crippen LogP contribution in [0.5, 0.6) is 0 Å². The second kappa shape index (κ2) is 7.78. The highest BCUT2D eigenvalue weighted by molar-refractivity contribution is 7.92. The van der Waals surface area contributed by atoms with E-state index in [2.05, 4.69) is 20.0 Å². The highest BCUT2D eigenvalue weighted by atomic mass is 32.2. The van der Waals surface area contributed by atoms with Gasteiger partial charge in [-0.15, -0.1) is 0 Å². The van der Waals surface area contributed by atoms with Crippen molar-refractivity contribution in [3.8, 4) is 0 Å². The van der Waals surface area contributed by atoms with E-state index in [1.54, 1.807) is 11.0 Å². The molecule has 3 rings (SSSR count). The largest absolute Gasteiger partial charge is 0.337 e. The average molecular weight is 417 g/mol. The molecule has 1 aliphatic rings. The third-order valence-corrected chi connectivity index (χ3v) is 5.87. The molecule has 154 valence electrons. The molecule has 10 heteroatoms. The van der Waals surface area contributed by atoms with Crippen LogP contribution in [0.3, 0.4) is 0 Å². The van der Waals surface area contributed by atoms with E-state index in [0.717, 1.165) is 0 Å². The summed E-state index contributed by atoms with van der Waals surface area (Å²) in [6, 6.07) is 7.32. The molecule has 2 N–H and O–H groups in total. The van der Waals surface area contributed by atoms with Crippen LogP contribution >= 0.6 is 0 Å². The molecule has 1 saturated heterocycles. The molecule has 0 aliphatic carbocycles. The number of likely N-dealkylation sites (tertiary alicyclic amines) is 1. The number of sulfonamides is 1. The molecule has 0 unspecified atom stereocenters. The zero-order valence-electron chi connectivity index (χ0n) is 16.4. The van der Waals surface area contributed by atoms with Crippen molar-refractivity contribution in [3.63, 3.8) is 0 Å². The van der Waals surface area contributed by atoms with Crippen LogP contribution < -0.4 is 10.0 Å². The molecule has 1 aliphatic heterocycles. The third-order valence-electron chi connectivity index (χ3n) is 4.53. The number of hydrogen-bond acceptors (Lipinski definition) is 6. The number of benzene rings is 1. The Hall–Kier alpha value is -3.01. The van der Waals surface area contributed by atoms with E-state index in [-0.39, 0.29) is 34.6 Å². The molecule has 9 nitrogen and oxygen atoms in total. The summed E-state index contributed by atoms with van der Waals surface area (Å²) in [5.41, 5.74) is 0.115. The van der Waals surface area contributed by atoms with Gasteiger partial charge < -0.3 is 10.2 Å². The lowest BCUT2D eigenvalue weighted by molar-refractivity contribution is -0.131. The van der Waals surface area contributed by atoms with Crippen LogP contribution in [0.15, 0.2) is 47.6 Å². The molecule has 0 spiro atoms. The molecule has 0 bridgehead atoms. The molecule has 1 aromatic carbocycles. The molecule has 1 fully saturated rings. The number of aromatic nitrogens is 2. The Labute approximate surface area is 169 Å². The van der Waals surface area contributed by atoms with E-state index < -0.39 is 15.9 Å². The van der Waals surface area contributed by atoms with Crippen molar-refractivity contribution in [1.82, 2.24) is 14.9 Å². The molecule has 1 aromatic heterocycles. The SMILES string of the molecule is CC(C)(C)N1C[C@@H](C(=O)Nc2ccc(S(=O)(=O)Nc3ncccn3)cc2)CC1=O. The fourth-order valence-corrected chi connectivity index (χ4v) is 3.98. The first-order chi connectivity index (χ1) is 13.6. The first-order valence-corrected chi connectivity index (χ1v) is 10.6. The number of hydrogen-bond donors (Lipinski definition) is 2. The Kier molecular flexibility index (Phi) is 5.56. The first kappa shape index (κ1) is 20.7. The van der Waals surface area contributed by atoms with Crippen molar-refractivity contribution in [3.05, 3.63) is 42.7 Å². The lowest BCUT2D eigenvalue weighted by atomic mass is 10.1. The van der Waals surface area contributed by atoms with Crippen LogP contribution in [0.1, 0.15) is 27.2 Å². The second-order valence-electron chi connectivity index (χ2n) is 7.77. The summed E-state index contributed by atoms with van der Waals surface area (Å²) in [4.78, 5) is 34.0. The van der Waals surface area contributed by atoms with Crippen molar-refractivity contribution < 1.29 is 18.0 Å². The summed E-state index contributed by atoms with van der Waals surface area (Å²) in [5.74, 6) is -0.786. The number of carbonyl (C=O) groups excluding carboxylic acids is 2. The fourth-order valence-electron chi connectivity index (χ4n) is 3.02. The minimum atomic E-state index is -3.84. The van der Waals surface area contributed by atoms with Crippen LogP contribution in [0.2, 0.25) is 0 Å². The van der Waals surface area contributed by atoms with Crippen LogP contribution in [-0.2, 0) is 19.6 Å². The number of nitrogens with one attached hydrogen (secondary N) is 2. The molecule has 0 radical (unpaired) electrons. The minimum Gasteiger partial charge on any atom is -0.337 e. The lowest BCUT2D eigenvalue weighted by Gasteiger charge is -2.31. The summed E-state index contributed by atoms with van der Waals surface area (Å²) in [7, 11) is -3.84. The molecule has 1 atom stereocenters. The van der Waals surface area contributed by atoms with Gasteiger partial charge in [0.1, 0.15) is 0 Å². The first-order valence-electron chi connectivity index (χ1n) is 9.07. The Morgan fingerprint density at radius 2 is 1.76 bits per heavy atom. The zero-order chi connectivity index (χ0) is 21.2. The van der Waals surface area contributed by atoms with Crippen LogP contribution in [0.25, 0.3) is 0 Å². The van der Waals surface area contributed by atoms with E-state index in [1.807, 2.05) is 20.8 Å². The van der Waals surface area contributed by atoms with Gasteiger partial charge in [0.15, 0.2) is 0 Å². The van der Waals surface area contributed by atoms with E-state index in [9.17, 15) is 18.0 Å². The summed E-state index contributed by atoms with van der Waals surface area (Å²) < 4.78 is 27.1. The van der Waals surface area contributed by atoms with E-state index >= 15 is 0 Å². The van der Waals surface area contributed by atoms with Gasteiger partial charge >= 0.3 is 0 Å². The van der Waals surface area contributed by atoms with Gasteiger partial charge in [0.2, 0.25) is 17.8 Å². The predicted molar refractivity (Wildman–Crippen MR) is 107 cm³/mol. The van der Waals surface area contributed by atoms with Crippen LogP contribution in [-0.4, -0.2) is 47.2 Å². The van der Waals surface area contributed by atoms with Gasteiger partial charge in [0, 0.05) is 36.6 Å². The van der Waals surface area contributed by atoms with E-state index in [0.29, 0.717) is 12.2 Å². The monoisotopic (exact) mass is 417 g/mol. The second-order valence-corrected chi connectivity index (χ2v) is 9.45. The molecule has 2 amide bonds. The molecular weight excluding hydrogens is 394 g/mol. The molecule has 29 heavy (non-hydrogen) atoms. The summed E-state index contributed by atoms with van der Waals surface area (Å²) in [5, 5.41) is 2.75. The quantitative estimate of drug-likeness (QED) is 0.766. The molecule has 0 saturated carbocycles. The predicted octanol–water partition coefficient (Wildman–Crippen LogP) is 1.86. The van der Waals surface area contributed by atoms with Gasteiger partial charge in [0.05, 0.1) is 10.8 Å². The summed E-state index contributed by atoms with van der Waals surface area (Å²) >= 11 is 0. The van der Waals surface area contributed by atoms with Gasteiger partial charge in [-0.2, -0.15) is 0 Å². The lowest BCUT2D eigenvalue weighted by Crippen LogP contribution is -2.42. The number of amides is 2.